The van der Waals surface area contributed by atoms with E-state index in [1.807, 2.05) is 23.4 Å². The third-order valence-electron chi connectivity index (χ3n) is 3.27. The van der Waals surface area contributed by atoms with E-state index in [1.165, 1.54) is 0 Å². The molecule has 0 saturated carbocycles. The number of halogens is 1. The average molecular weight is 302 g/mol. The van der Waals surface area contributed by atoms with E-state index >= 15 is 0 Å². The minimum Gasteiger partial charge on any atom is -0.480 e. The SMILES string of the molecule is Cc1nc(C(C(=O)O)N2CCCC2)c(Br)n1C. The van der Waals surface area contributed by atoms with Crippen molar-refractivity contribution in [1.29, 1.82) is 0 Å². The van der Waals surface area contributed by atoms with E-state index in [1.54, 1.807) is 0 Å². The molecule has 1 saturated heterocycles. The topological polar surface area (TPSA) is 58.4 Å². The molecule has 1 aliphatic rings. The Morgan fingerprint density at radius 2 is 2.06 bits per heavy atom. The number of aromatic nitrogens is 2. The molecule has 1 aliphatic heterocycles. The van der Waals surface area contributed by atoms with Gasteiger partial charge in [0.2, 0.25) is 0 Å². The Morgan fingerprint density at radius 1 is 1.47 bits per heavy atom. The Balaban J connectivity index is 2.38. The van der Waals surface area contributed by atoms with Gasteiger partial charge in [0, 0.05) is 7.05 Å². The predicted octanol–water partition coefficient (Wildman–Crippen LogP) is 1.71. The van der Waals surface area contributed by atoms with Crippen molar-refractivity contribution >= 4 is 21.9 Å². The normalized spacial score (nSPS) is 18.5. The fraction of sp³-hybridized carbons (Fsp3) is 0.636. The Labute approximate surface area is 109 Å². The number of hydrogen-bond acceptors (Lipinski definition) is 3. The molecule has 1 atom stereocenters. The van der Waals surface area contributed by atoms with Crippen molar-refractivity contribution in [2.75, 3.05) is 13.1 Å². The highest BCUT2D eigenvalue weighted by molar-refractivity contribution is 9.10. The van der Waals surface area contributed by atoms with E-state index in [4.69, 9.17) is 0 Å². The van der Waals surface area contributed by atoms with E-state index in [-0.39, 0.29) is 0 Å². The number of rotatable bonds is 3. The van der Waals surface area contributed by atoms with Gasteiger partial charge in [-0.3, -0.25) is 9.69 Å². The highest BCUT2D eigenvalue weighted by Gasteiger charge is 2.33. The van der Waals surface area contributed by atoms with E-state index in [2.05, 4.69) is 20.9 Å². The van der Waals surface area contributed by atoms with E-state index in [9.17, 15) is 9.90 Å². The first-order valence-corrected chi connectivity index (χ1v) is 6.47. The van der Waals surface area contributed by atoms with Crippen molar-refractivity contribution in [3.63, 3.8) is 0 Å². The number of carboxylic acid groups (broad SMARTS) is 1. The molecule has 1 aromatic heterocycles. The van der Waals surface area contributed by atoms with Crippen LogP contribution in [0.15, 0.2) is 4.60 Å². The van der Waals surface area contributed by atoms with Crippen LogP contribution in [-0.2, 0) is 11.8 Å². The highest BCUT2D eigenvalue weighted by atomic mass is 79.9. The maximum Gasteiger partial charge on any atom is 0.327 e. The molecular weight excluding hydrogens is 286 g/mol. The fourth-order valence-electron chi connectivity index (χ4n) is 2.23. The first-order valence-electron chi connectivity index (χ1n) is 5.68. The summed E-state index contributed by atoms with van der Waals surface area (Å²) in [6, 6.07) is -0.633. The van der Waals surface area contributed by atoms with Crippen LogP contribution in [0.4, 0.5) is 0 Å². The Kier molecular flexibility index (Phi) is 3.53. The van der Waals surface area contributed by atoms with E-state index in [0.717, 1.165) is 36.4 Å². The zero-order valence-electron chi connectivity index (χ0n) is 9.98. The summed E-state index contributed by atoms with van der Waals surface area (Å²) in [5.41, 5.74) is 0.611. The third-order valence-corrected chi connectivity index (χ3v) is 4.21. The number of aliphatic carboxylic acids is 1. The van der Waals surface area contributed by atoms with Crippen molar-refractivity contribution in [2.24, 2.45) is 7.05 Å². The third kappa shape index (κ3) is 2.24. The number of carbonyl (C=O) groups is 1. The van der Waals surface area contributed by atoms with Crippen LogP contribution in [0.3, 0.4) is 0 Å². The summed E-state index contributed by atoms with van der Waals surface area (Å²) >= 11 is 3.43. The van der Waals surface area contributed by atoms with Gasteiger partial charge < -0.3 is 9.67 Å². The van der Waals surface area contributed by atoms with Gasteiger partial charge in [0.25, 0.3) is 0 Å². The van der Waals surface area contributed by atoms with Gasteiger partial charge in [0.1, 0.15) is 16.1 Å². The van der Waals surface area contributed by atoms with Crippen LogP contribution in [0, 0.1) is 6.92 Å². The predicted molar refractivity (Wildman–Crippen MR) is 66.8 cm³/mol. The number of nitrogens with zero attached hydrogens (tertiary/aromatic N) is 3. The average Bonchev–Trinajstić information content (AvgIpc) is 2.85. The molecule has 5 nitrogen and oxygen atoms in total. The largest absolute Gasteiger partial charge is 0.480 e. The molecule has 94 valence electrons. The van der Waals surface area contributed by atoms with Crippen LogP contribution < -0.4 is 0 Å². The summed E-state index contributed by atoms with van der Waals surface area (Å²) in [5, 5.41) is 9.40. The Morgan fingerprint density at radius 3 is 2.47 bits per heavy atom. The number of hydrogen-bond donors (Lipinski definition) is 1. The molecule has 0 amide bonds. The number of aryl methyl sites for hydroxylation is 1. The molecule has 0 aliphatic carbocycles. The number of carboxylic acids is 1. The lowest BCUT2D eigenvalue weighted by molar-refractivity contribution is -0.143. The minimum absolute atomic E-state index is 0.611. The summed E-state index contributed by atoms with van der Waals surface area (Å²) in [7, 11) is 1.87. The second-order valence-electron chi connectivity index (χ2n) is 4.38. The smallest absolute Gasteiger partial charge is 0.327 e. The van der Waals surface area contributed by atoms with Gasteiger partial charge in [-0.1, -0.05) is 0 Å². The molecule has 1 aromatic rings. The summed E-state index contributed by atoms with van der Waals surface area (Å²) in [4.78, 5) is 17.8. The first-order chi connectivity index (χ1) is 8.02. The maximum atomic E-state index is 11.4. The van der Waals surface area contributed by atoms with Crippen molar-refractivity contribution < 1.29 is 9.90 Å². The summed E-state index contributed by atoms with van der Waals surface area (Å²) in [6.07, 6.45) is 2.13. The van der Waals surface area contributed by atoms with Crippen LogP contribution in [0.1, 0.15) is 30.4 Å². The van der Waals surface area contributed by atoms with Crippen molar-refractivity contribution in [1.82, 2.24) is 14.5 Å². The lowest BCUT2D eigenvalue weighted by Gasteiger charge is -2.22. The summed E-state index contributed by atoms with van der Waals surface area (Å²) in [5.74, 6) is -0.0111. The molecule has 1 N–H and O–H groups in total. The lowest BCUT2D eigenvalue weighted by atomic mass is 10.2. The summed E-state index contributed by atoms with van der Waals surface area (Å²) in [6.45, 7) is 3.54. The molecule has 1 unspecified atom stereocenters. The van der Waals surface area contributed by atoms with Gasteiger partial charge >= 0.3 is 5.97 Å². The summed E-state index contributed by atoms with van der Waals surface area (Å²) < 4.78 is 2.62. The fourth-order valence-corrected chi connectivity index (χ4v) is 2.79. The molecule has 0 aromatic carbocycles. The van der Waals surface area contributed by atoms with Gasteiger partial charge in [-0.2, -0.15) is 0 Å². The number of imidazole rings is 1. The minimum atomic E-state index is -0.828. The van der Waals surface area contributed by atoms with Crippen LogP contribution >= 0.6 is 15.9 Å². The molecule has 0 spiro atoms. The maximum absolute atomic E-state index is 11.4. The van der Waals surface area contributed by atoms with Crippen molar-refractivity contribution in [3.8, 4) is 0 Å². The Hall–Kier alpha value is -0.880. The highest BCUT2D eigenvalue weighted by Crippen LogP contribution is 2.30. The Bertz CT molecular complexity index is 438. The number of likely N-dealkylation sites (tertiary alicyclic amines) is 1. The van der Waals surface area contributed by atoms with E-state index < -0.39 is 12.0 Å². The molecule has 0 bridgehead atoms. The standard InChI is InChI=1S/C11H16BrN3O2/c1-7-13-8(10(12)14(7)2)9(11(16)17)15-5-3-4-6-15/h9H,3-6H2,1-2H3,(H,16,17). The lowest BCUT2D eigenvalue weighted by Crippen LogP contribution is -2.32. The van der Waals surface area contributed by atoms with Gasteiger partial charge in [0.05, 0.1) is 0 Å². The zero-order chi connectivity index (χ0) is 12.6. The van der Waals surface area contributed by atoms with E-state index in [0.29, 0.717) is 5.69 Å². The van der Waals surface area contributed by atoms with Crippen LogP contribution in [0.25, 0.3) is 0 Å². The molecule has 17 heavy (non-hydrogen) atoms. The monoisotopic (exact) mass is 301 g/mol. The molecular formula is C11H16BrN3O2. The second kappa shape index (κ2) is 4.78. The van der Waals surface area contributed by atoms with Gasteiger partial charge in [-0.05, 0) is 48.8 Å². The van der Waals surface area contributed by atoms with Crippen LogP contribution in [-0.4, -0.2) is 38.6 Å². The van der Waals surface area contributed by atoms with Gasteiger partial charge in [-0.25, -0.2) is 4.98 Å². The van der Waals surface area contributed by atoms with Crippen molar-refractivity contribution in [2.45, 2.75) is 25.8 Å². The second-order valence-corrected chi connectivity index (χ2v) is 5.13. The molecule has 2 heterocycles. The molecule has 2 rings (SSSR count). The molecule has 0 radical (unpaired) electrons. The van der Waals surface area contributed by atoms with Gasteiger partial charge in [-0.15, -0.1) is 0 Å². The quantitative estimate of drug-likeness (QED) is 0.923. The first kappa shape index (κ1) is 12.6. The zero-order valence-corrected chi connectivity index (χ0v) is 11.6. The van der Waals surface area contributed by atoms with Gasteiger partial charge in [0.15, 0.2) is 6.04 Å². The molecule has 6 heteroatoms. The van der Waals surface area contributed by atoms with Crippen LogP contribution in [0.5, 0.6) is 0 Å². The van der Waals surface area contributed by atoms with Crippen LogP contribution in [0.2, 0.25) is 0 Å². The van der Waals surface area contributed by atoms with Crippen molar-refractivity contribution in [3.05, 3.63) is 16.1 Å². The molecule has 1 fully saturated rings.